The van der Waals surface area contributed by atoms with Crippen molar-refractivity contribution in [2.45, 2.75) is 6.18 Å². The molecule has 0 saturated carbocycles. The van der Waals surface area contributed by atoms with E-state index in [-0.39, 0.29) is 5.75 Å². The number of alkyl halides is 3. The summed E-state index contributed by atoms with van der Waals surface area (Å²) in [4.78, 5) is 0. The molecule has 0 aliphatic carbocycles. The summed E-state index contributed by atoms with van der Waals surface area (Å²) < 4.78 is 96.3. The monoisotopic (exact) mass is 388 g/mol. The van der Waals surface area contributed by atoms with Crippen molar-refractivity contribution in [2.24, 2.45) is 0 Å². The van der Waals surface area contributed by atoms with Crippen LogP contribution < -0.4 is 4.74 Å². The average molecular weight is 389 g/mol. The minimum atomic E-state index is -5.59. The average Bonchev–Trinajstić information content (AvgIpc) is 2.42. The van der Waals surface area contributed by atoms with E-state index in [4.69, 9.17) is 0 Å². The predicted molar refractivity (Wildman–Crippen MR) is 65.5 cm³/mol. The van der Waals surface area contributed by atoms with Crippen molar-refractivity contribution < 1.29 is 35.5 Å². The fourth-order valence-corrected chi connectivity index (χ4v) is 1.83. The van der Waals surface area contributed by atoms with Crippen molar-refractivity contribution in [3.8, 4) is 11.5 Å². The topological polar surface area (TPSA) is 9.23 Å². The Kier molecular flexibility index (Phi) is 4.37. The lowest BCUT2D eigenvalue weighted by Crippen LogP contribution is -2.15. The highest BCUT2D eigenvalue weighted by atomic mass is 79.9. The van der Waals surface area contributed by atoms with Gasteiger partial charge in [-0.15, -0.1) is 0 Å². The molecule has 2 aromatic rings. The first kappa shape index (κ1) is 16.6. The second-order valence-corrected chi connectivity index (χ2v) is 4.93. The van der Waals surface area contributed by atoms with E-state index in [1.165, 1.54) is 24.3 Å². The van der Waals surface area contributed by atoms with Crippen LogP contribution in [-0.4, -0.2) is 0 Å². The van der Waals surface area contributed by atoms with E-state index < -0.39 is 40.8 Å². The molecule has 0 atom stereocenters. The van der Waals surface area contributed by atoms with Crippen molar-refractivity contribution >= 4 is 15.9 Å². The van der Waals surface area contributed by atoms with Crippen LogP contribution in [0.5, 0.6) is 11.5 Å². The van der Waals surface area contributed by atoms with Gasteiger partial charge in [-0.3, -0.25) is 0 Å². The zero-order valence-corrected chi connectivity index (χ0v) is 11.8. The molecule has 2 rings (SSSR count). The van der Waals surface area contributed by atoms with Crippen LogP contribution in [0.3, 0.4) is 0 Å². The highest BCUT2D eigenvalue weighted by Crippen LogP contribution is 2.40. The van der Waals surface area contributed by atoms with Gasteiger partial charge in [0.1, 0.15) is 11.3 Å². The smallest absolute Gasteiger partial charge is 0.422 e. The third-order valence-electron chi connectivity index (χ3n) is 2.54. The van der Waals surface area contributed by atoms with Crippen LogP contribution >= 0.6 is 15.9 Å². The lowest BCUT2D eigenvalue weighted by molar-refractivity contribution is -0.143. The number of ether oxygens (including phenoxy) is 1. The maximum absolute atomic E-state index is 13.6. The molecule has 0 aliphatic heterocycles. The van der Waals surface area contributed by atoms with Crippen molar-refractivity contribution in [2.75, 3.05) is 0 Å². The van der Waals surface area contributed by atoms with Crippen molar-refractivity contribution in [3.63, 3.8) is 0 Å². The van der Waals surface area contributed by atoms with Gasteiger partial charge in [-0.2, -0.15) is 22.0 Å². The molecule has 0 radical (unpaired) electrons. The highest BCUT2D eigenvalue weighted by molar-refractivity contribution is 9.10. The van der Waals surface area contributed by atoms with Crippen molar-refractivity contribution in [1.29, 1.82) is 0 Å². The Morgan fingerprint density at radius 1 is 0.773 bits per heavy atom. The molecule has 0 unspecified atom stereocenters. The van der Waals surface area contributed by atoms with Gasteiger partial charge < -0.3 is 4.74 Å². The summed E-state index contributed by atoms with van der Waals surface area (Å²) in [5, 5.41) is 0. The van der Waals surface area contributed by atoms with E-state index in [0.717, 1.165) is 0 Å². The molecular weight excluding hydrogens is 385 g/mol. The van der Waals surface area contributed by atoms with Gasteiger partial charge in [0, 0.05) is 4.47 Å². The maximum atomic E-state index is 13.6. The Balaban J connectivity index is 2.56. The summed E-state index contributed by atoms with van der Waals surface area (Å²) in [7, 11) is 0. The number of benzene rings is 2. The summed E-state index contributed by atoms with van der Waals surface area (Å²) in [6.07, 6.45) is -5.59. The van der Waals surface area contributed by atoms with E-state index in [2.05, 4.69) is 20.7 Å². The van der Waals surface area contributed by atoms with Crippen LogP contribution in [0, 0.1) is 23.3 Å². The van der Waals surface area contributed by atoms with Gasteiger partial charge in [-0.25, -0.2) is 8.78 Å². The largest absolute Gasteiger partial charge is 0.451 e. The number of rotatable bonds is 2. The molecular formula is C13H4BrF7O. The number of halogens is 8. The van der Waals surface area contributed by atoms with Gasteiger partial charge in [0.2, 0.25) is 17.4 Å². The third-order valence-corrected chi connectivity index (χ3v) is 3.07. The van der Waals surface area contributed by atoms with Crippen LogP contribution in [0.25, 0.3) is 0 Å². The molecule has 22 heavy (non-hydrogen) atoms. The molecule has 0 fully saturated rings. The van der Waals surface area contributed by atoms with Crippen molar-refractivity contribution in [1.82, 2.24) is 0 Å². The van der Waals surface area contributed by atoms with Gasteiger partial charge in [0.05, 0.1) is 0 Å². The van der Waals surface area contributed by atoms with E-state index in [1.54, 1.807) is 0 Å². The Morgan fingerprint density at radius 3 is 1.64 bits per heavy atom. The summed E-state index contributed by atoms with van der Waals surface area (Å²) >= 11 is 3.07. The lowest BCUT2D eigenvalue weighted by Gasteiger charge is -2.14. The Hall–Kier alpha value is -1.77. The fraction of sp³-hybridized carbons (Fsp3) is 0.0769. The minimum absolute atomic E-state index is 0.223. The van der Waals surface area contributed by atoms with Gasteiger partial charge in [-0.1, -0.05) is 15.9 Å². The maximum Gasteiger partial charge on any atom is 0.422 e. The second-order valence-electron chi connectivity index (χ2n) is 4.01. The first-order valence-corrected chi connectivity index (χ1v) is 6.28. The Labute approximate surface area is 127 Å². The molecule has 0 spiro atoms. The van der Waals surface area contributed by atoms with Crippen LogP contribution in [0.2, 0.25) is 0 Å². The van der Waals surface area contributed by atoms with Crippen LogP contribution in [0.1, 0.15) is 5.56 Å². The minimum Gasteiger partial charge on any atom is -0.451 e. The SMILES string of the molecule is Fc1c(F)c(C(F)(F)F)c(F)c(F)c1Oc1ccc(Br)cc1. The molecule has 1 nitrogen and oxygen atoms in total. The molecule has 9 heteroatoms. The Bertz CT molecular complexity index is 681. The Morgan fingerprint density at radius 2 is 1.23 bits per heavy atom. The molecule has 0 heterocycles. The molecule has 0 saturated heterocycles. The summed E-state index contributed by atoms with van der Waals surface area (Å²) in [5.41, 5.74) is -2.65. The van der Waals surface area contributed by atoms with E-state index in [9.17, 15) is 30.7 Å². The molecule has 118 valence electrons. The highest BCUT2D eigenvalue weighted by Gasteiger charge is 2.42. The molecule has 0 aromatic heterocycles. The molecule has 0 bridgehead atoms. The van der Waals surface area contributed by atoms with E-state index >= 15 is 0 Å². The normalized spacial score (nSPS) is 11.6. The molecule has 2 aromatic carbocycles. The molecule has 0 aliphatic rings. The summed E-state index contributed by atoms with van der Waals surface area (Å²) in [6.45, 7) is 0. The quantitative estimate of drug-likeness (QED) is 0.465. The van der Waals surface area contributed by atoms with Crippen LogP contribution in [-0.2, 0) is 6.18 Å². The van der Waals surface area contributed by atoms with Gasteiger partial charge >= 0.3 is 6.18 Å². The van der Waals surface area contributed by atoms with Gasteiger partial charge in [0.15, 0.2) is 11.6 Å². The first-order valence-electron chi connectivity index (χ1n) is 5.49. The van der Waals surface area contributed by atoms with Crippen LogP contribution in [0.15, 0.2) is 28.7 Å². The number of hydrogen-bond donors (Lipinski definition) is 0. The zero-order chi connectivity index (χ0) is 16.7. The predicted octanol–water partition coefficient (Wildman–Crippen LogP) is 5.82. The summed E-state index contributed by atoms with van der Waals surface area (Å²) in [6, 6.07) is 5.16. The van der Waals surface area contributed by atoms with Crippen molar-refractivity contribution in [3.05, 3.63) is 57.6 Å². The third kappa shape index (κ3) is 3.03. The van der Waals surface area contributed by atoms with E-state index in [1.807, 2.05) is 0 Å². The molecule has 0 amide bonds. The number of hydrogen-bond acceptors (Lipinski definition) is 1. The standard InChI is InChI=1S/C13H4BrF7O/c14-5-1-3-6(4-2-5)22-12-10(17)8(15)7(13(19,20)21)9(16)11(12)18/h1-4H. The van der Waals surface area contributed by atoms with E-state index in [0.29, 0.717) is 4.47 Å². The van der Waals surface area contributed by atoms with Gasteiger partial charge in [0.25, 0.3) is 0 Å². The zero-order valence-electron chi connectivity index (χ0n) is 10.2. The van der Waals surface area contributed by atoms with Crippen LogP contribution in [0.4, 0.5) is 30.7 Å². The molecule has 0 N–H and O–H groups in total. The van der Waals surface area contributed by atoms with Gasteiger partial charge in [-0.05, 0) is 24.3 Å². The summed E-state index contributed by atoms with van der Waals surface area (Å²) in [5.74, 6) is -11.5. The fourth-order valence-electron chi connectivity index (χ4n) is 1.57. The lowest BCUT2D eigenvalue weighted by atomic mass is 10.1. The second kappa shape index (κ2) is 5.79. The first-order chi connectivity index (χ1) is 10.1.